The molecule has 1 aliphatic heterocycles. The fraction of sp³-hybridized carbons (Fsp3) is 0.750. The topological polar surface area (TPSA) is 36.1 Å². The van der Waals surface area contributed by atoms with Gasteiger partial charge in [-0.25, -0.2) is 0 Å². The van der Waals surface area contributed by atoms with E-state index in [1.54, 1.807) is 0 Å². The lowest BCUT2D eigenvalue weighted by Crippen LogP contribution is -2.34. The van der Waals surface area contributed by atoms with Crippen molar-refractivity contribution in [2.75, 3.05) is 19.9 Å². The van der Waals surface area contributed by atoms with Gasteiger partial charge < -0.3 is 10.6 Å². The third-order valence-corrected chi connectivity index (χ3v) is 1.69. The summed E-state index contributed by atoms with van der Waals surface area (Å²) in [6.45, 7) is 2.88. The summed E-state index contributed by atoms with van der Waals surface area (Å²) in [5.41, 5.74) is 0. The summed E-state index contributed by atoms with van der Waals surface area (Å²) >= 11 is 0. The molecule has 0 saturated heterocycles. The fourth-order valence-corrected chi connectivity index (χ4v) is 1.05. The first-order chi connectivity index (χ1) is 5.50. The summed E-state index contributed by atoms with van der Waals surface area (Å²) in [7, 11) is 0. The molecule has 0 bridgehead atoms. The number of hydrogen-bond donors (Lipinski definition) is 3. The molecule has 1 heterocycles. The monoisotopic (exact) mass is 155 g/mol. The molecule has 0 saturated carbocycles. The molecule has 0 aromatic heterocycles. The van der Waals surface area contributed by atoms with Crippen molar-refractivity contribution in [3.63, 3.8) is 0 Å². The van der Waals surface area contributed by atoms with Gasteiger partial charge in [-0.2, -0.15) is 0 Å². The molecule has 11 heavy (non-hydrogen) atoms. The quantitative estimate of drug-likeness (QED) is 0.473. The highest BCUT2D eigenvalue weighted by Gasteiger charge is 1.88. The van der Waals surface area contributed by atoms with Gasteiger partial charge in [-0.05, 0) is 32.0 Å². The van der Waals surface area contributed by atoms with Crippen molar-refractivity contribution >= 4 is 0 Å². The van der Waals surface area contributed by atoms with Gasteiger partial charge in [0.05, 0.1) is 6.67 Å². The molecule has 64 valence electrons. The SMILES string of the molecule is C1=CNCNCNCCCC1. The zero-order valence-corrected chi connectivity index (χ0v) is 6.90. The summed E-state index contributed by atoms with van der Waals surface area (Å²) in [6.07, 6.45) is 7.96. The summed E-state index contributed by atoms with van der Waals surface area (Å²) < 4.78 is 0. The minimum atomic E-state index is 0.851. The van der Waals surface area contributed by atoms with Gasteiger partial charge in [0.15, 0.2) is 0 Å². The lowest BCUT2D eigenvalue weighted by atomic mass is 10.2. The Labute approximate surface area is 68.2 Å². The highest BCUT2D eigenvalue weighted by molar-refractivity contribution is 4.79. The number of rotatable bonds is 0. The van der Waals surface area contributed by atoms with Crippen LogP contribution in [0.1, 0.15) is 19.3 Å². The fourth-order valence-electron chi connectivity index (χ4n) is 1.05. The van der Waals surface area contributed by atoms with Crippen LogP contribution in [0.3, 0.4) is 0 Å². The van der Waals surface area contributed by atoms with Crippen LogP contribution in [-0.4, -0.2) is 19.9 Å². The van der Waals surface area contributed by atoms with E-state index in [0.29, 0.717) is 0 Å². The van der Waals surface area contributed by atoms with Crippen molar-refractivity contribution in [1.29, 1.82) is 0 Å². The molecule has 0 fully saturated rings. The van der Waals surface area contributed by atoms with Gasteiger partial charge in [0.1, 0.15) is 0 Å². The van der Waals surface area contributed by atoms with Crippen LogP contribution in [0, 0.1) is 0 Å². The largest absolute Gasteiger partial charge is 0.379 e. The van der Waals surface area contributed by atoms with Crippen molar-refractivity contribution in [2.45, 2.75) is 19.3 Å². The second-order valence-electron chi connectivity index (χ2n) is 2.71. The molecule has 0 aliphatic carbocycles. The van der Waals surface area contributed by atoms with Crippen molar-refractivity contribution in [3.05, 3.63) is 12.3 Å². The van der Waals surface area contributed by atoms with Gasteiger partial charge in [0, 0.05) is 6.67 Å². The molecular weight excluding hydrogens is 138 g/mol. The first-order valence-corrected chi connectivity index (χ1v) is 4.30. The van der Waals surface area contributed by atoms with E-state index in [9.17, 15) is 0 Å². The maximum Gasteiger partial charge on any atom is 0.0657 e. The van der Waals surface area contributed by atoms with Gasteiger partial charge in [-0.15, -0.1) is 0 Å². The minimum absolute atomic E-state index is 0.851. The molecule has 1 rings (SSSR count). The first-order valence-electron chi connectivity index (χ1n) is 4.30. The summed E-state index contributed by atoms with van der Waals surface area (Å²) in [5, 5.41) is 9.66. The van der Waals surface area contributed by atoms with Gasteiger partial charge in [-0.3, -0.25) is 5.32 Å². The van der Waals surface area contributed by atoms with Crippen LogP contribution in [-0.2, 0) is 0 Å². The van der Waals surface area contributed by atoms with E-state index in [4.69, 9.17) is 0 Å². The number of allylic oxidation sites excluding steroid dienone is 1. The molecule has 3 N–H and O–H groups in total. The van der Waals surface area contributed by atoms with E-state index < -0.39 is 0 Å². The van der Waals surface area contributed by atoms with Crippen LogP contribution >= 0.6 is 0 Å². The maximum absolute atomic E-state index is 3.30. The van der Waals surface area contributed by atoms with Crippen molar-refractivity contribution in [2.24, 2.45) is 0 Å². The Morgan fingerprint density at radius 1 is 1.00 bits per heavy atom. The zero-order chi connectivity index (χ0) is 7.78. The molecule has 0 unspecified atom stereocenters. The normalized spacial score (nSPS) is 21.8. The summed E-state index contributed by atoms with van der Waals surface area (Å²) in [5.74, 6) is 0. The predicted molar refractivity (Wildman–Crippen MR) is 47.0 cm³/mol. The highest BCUT2D eigenvalue weighted by atomic mass is 15.1. The summed E-state index contributed by atoms with van der Waals surface area (Å²) in [4.78, 5) is 0. The van der Waals surface area contributed by atoms with Gasteiger partial charge >= 0.3 is 0 Å². The number of nitrogens with one attached hydrogen (secondary N) is 3. The molecule has 0 aromatic carbocycles. The van der Waals surface area contributed by atoms with E-state index in [0.717, 1.165) is 19.9 Å². The van der Waals surface area contributed by atoms with Crippen molar-refractivity contribution < 1.29 is 0 Å². The Kier molecular flexibility index (Phi) is 4.81. The van der Waals surface area contributed by atoms with Crippen LogP contribution in [0.4, 0.5) is 0 Å². The zero-order valence-electron chi connectivity index (χ0n) is 6.90. The molecule has 0 spiro atoms. The Balaban J connectivity index is 2.11. The molecule has 1 aliphatic rings. The second kappa shape index (κ2) is 6.19. The lowest BCUT2D eigenvalue weighted by Gasteiger charge is -2.04. The van der Waals surface area contributed by atoms with Crippen LogP contribution in [0.15, 0.2) is 12.3 Å². The smallest absolute Gasteiger partial charge is 0.0657 e. The molecule has 3 heteroatoms. The van der Waals surface area contributed by atoms with Crippen molar-refractivity contribution in [3.8, 4) is 0 Å². The minimum Gasteiger partial charge on any atom is -0.379 e. The number of hydrogen-bond acceptors (Lipinski definition) is 3. The Morgan fingerprint density at radius 3 is 3.00 bits per heavy atom. The summed E-state index contributed by atoms with van der Waals surface area (Å²) in [6, 6.07) is 0. The molecular formula is C8H17N3. The predicted octanol–water partition coefficient (Wildman–Crippen LogP) is 0.368. The average molecular weight is 155 g/mol. The highest BCUT2D eigenvalue weighted by Crippen LogP contribution is 1.94. The average Bonchev–Trinajstić information content (AvgIpc) is 2.08. The van der Waals surface area contributed by atoms with Crippen LogP contribution < -0.4 is 16.0 Å². The van der Waals surface area contributed by atoms with E-state index in [1.807, 2.05) is 6.20 Å². The Morgan fingerprint density at radius 2 is 2.00 bits per heavy atom. The molecule has 0 atom stereocenters. The van der Waals surface area contributed by atoms with Gasteiger partial charge in [0.25, 0.3) is 0 Å². The van der Waals surface area contributed by atoms with E-state index in [2.05, 4.69) is 22.0 Å². The van der Waals surface area contributed by atoms with Crippen molar-refractivity contribution in [1.82, 2.24) is 16.0 Å². The molecule has 0 radical (unpaired) electrons. The van der Waals surface area contributed by atoms with Crippen LogP contribution in [0.25, 0.3) is 0 Å². The second-order valence-corrected chi connectivity index (χ2v) is 2.71. The third-order valence-electron chi connectivity index (χ3n) is 1.69. The van der Waals surface area contributed by atoms with E-state index >= 15 is 0 Å². The standard InChI is InChI=1S/C8H17N3/c1-2-4-6-10-8-11-7-9-5-3-1/h3,5,9-11H,1-2,4,6-8H2. The first kappa shape index (κ1) is 8.56. The van der Waals surface area contributed by atoms with Gasteiger partial charge in [-0.1, -0.05) is 6.08 Å². The maximum atomic E-state index is 3.30. The molecule has 0 aromatic rings. The van der Waals surface area contributed by atoms with E-state index in [-0.39, 0.29) is 0 Å². The molecule has 3 nitrogen and oxygen atoms in total. The Hall–Kier alpha value is -0.540. The van der Waals surface area contributed by atoms with E-state index in [1.165, 1.54) is 19.3 Å². The van der Waals surface area contributed by atoms with Gasteiger partial charge in [0.2, 0.25) is 0 Å². The molecule has 0 amide bonds. The van der Waals surface area contributed by atoms with Crippen LogP contribution in [0.2, 0.25) is 0 Å². The Bertz CT molecular complexity index is 99.9. The lowest BCUT2D eigenvalue weighted by molar-refractivity contribution is 0.554. The van der Waals surface area contributed by atoms with Crippen LogP contribution in [0.5, 0.6) is 0 Å². The third kappa shape index (κ3) is 4.81.